The molecule has 2 heteroatoms. The van der Waals surface area contributed by atoms with Crippen LogP contribution in [0.2, 0.25) is 0 Å². The maximum atomic E-state index is 5.91. The second-order valence-corrected chi connectivity index (χ2v) is 4.32. The Balaban J connectivity index is 1.83. The number of likely N-dealkylation sites (tertiary alicyclic amines) is 1. The third-order valence-electron chi connectivity index (χ3n) is 3.35. The van der Waals surface area contributed by atoms with E-state index in [1.54, 1.807) is 0 Å². The van der Waals surface area contributed by atoms with Crippen LogP contribution in [-0.2, 0) is 0 Å². The molecule has 0 aromatic heterocycles. The highest BCUT2D eigenvalue weighted by Crippen LogP contribution is 2.25. The van der Waals surface area contributed by atoms with Crippen molar-refractivity contribution in [1.82, 2.24) is 4.90 Å². The van der Waals surface area contributed by atoms with E-state index in [9.17, 15) is 0 Å². The van der Waals surface area contributed by atoms with Crippen molar-refractivity contribution in [3.8, 4) is 0 Å². The summed E-state index contributed by atoms with van der Waals surface area (Å²) in [5.74, 6) is 0. The average molecular weight is 168 g/mol. The first-order valence-electron chi connectivity index (χ1n) is 5.36. The van der Waals surface area contributed by atoms with Crippen LogP contribution in [0.15, 0.2) is 0 Å². The highest BCUT2D eigenvalue weighted by molar-refractivity contribution is 4.85. The van der Waals surface area contributed by atoms with Gasteiger partial charge in [0.05, 0.1) is 0 Å². The molecule has 70 valence electrons. The van der Waals surface area contributed by atoms with E-state index in [1.807, 2.05) is 0 Å². The average Bonchev–Trinajstić information content (AvgIpc) is 2.54. The first-order valence-corrected chi connectivity index (χ1v) is 5.36. The first-order chi connectivity index (χ1) is 5.86. The number of piperidine rings is 1. The highest BCUT2D eigenvalue weighted by Gasteiger charge is 2.27. The topological polar surface area (TPSA) is 29.3 Å². The van der Waals surface area contributed by atoms with Gasteiger partial charge in [0.25, 0.3) is 0 Å². The van der Waals surface area contributed by atoms with E-state index in [2.05, 4.69) is 4.90 Å². The van der Waals surface area contributed by atoms with Crippen molar-refractivity contribution in [2.24, 2.45) is 5.73 Å². The van der Waals surface area contributed by atoms with Crippen LogP contribution in [0, 0.1) is 0 Å². The van der Waals surface area contributed by atoms with Crippen LogP contribution in [0.25, 0.3) is 0 Å². The molecule has 12 heavy (non-hydrogen) atoms. The zero-order valence-corrected chi connectivity index (χ0v) is 7.84. The van der Waals surface area contributed by atoms with Gasteiger partial charge in [0.15, 0.2) is 0 Å². The van der Waals surface area contributed by atoms with Crippen LogP contribution in [0.3, 0.4) is 0 Å². The van der Waals surface area contributed by atoms with Gasteiger partial charge in [-0.1, -0.05) is 6.42 Å². The quantitative estimate of drug-likeness (QED) is 0.640. The lowest BCUT2D eigenvalue weighted by atomic mass is 10.1. The predicted molar refractivity (Wildman–Crippen MR) is 51.0 cm³/mol. The molecule has 2 rings (SSSR count). The lowest BCUT2D eigenvalue weighted by molar-refractivity contribution is 0.164. The summed E-state index contributed by atoms with van der Waals surface area (Å²) in [4.78, 5) is 2.66. The van der Waals surface area contributed by atoms with E-state index in [-0.39, 0.29) is 0 Å². The second-order valence-electron chi connectivity index (χ2n) is 4.32. The minimum atomic E-state index is 0.497. The van der Waals surface area contributed by atoms with Gasteiger partial charge in [0.2, 0.25) is 0 Å². The fraction of sp³-hybridized carbons (Fsp3) is 1.00. The fourth-order valence-electron chi connectivity index (χ4n) is 2.61. The van der Waals surface area contributed by atoms with Crippen LogP contribution in [-0.4, -0.2) is 30.1 Å². The highest BCUT2D eigenvalue weighted by atomic mass is 15.2. The molecule has 1 saturated carbocycles. The van der Waals surface area contributed by atoms with E-state index >= 15 is 0 Å². The zero-order valence-electron chi connectivity index (χ0n) is 7.84. The molecule has 1 saturated heterocycles. The normalized spacial score (nSPS) is 38.8. The van der Waals surface area contributed by atoms with E-state index in [4.69, 9.17) is 5.73 Å². The Labute approximate surface area is 75.1 Å². The Kier molecular flexibility index (Phi) is 2.66. The summed E-state index contributed by atoms with van der Waals surface area (Å²) < 4.78 is 0. The molecular formula is C10H20N2. The van der Waals surface area contributed by atoms with Gasteiger partial charge in [-0.25, -0.2) is 0 Å². The van der Waals surface area contributed by atoms with Crippen LogP contribution >= 0.6 is 0 Å². The summed E-state index contributed by atoms with van der Waals surface area (Å²) in [6.45, 7) is 2.66. The molecule has 0 amide bonds. The van der Waals surface area contributed by atoms with Gasteiger partial charge in [-0.2, -0.15) is 0 Å². The first kappa shape index (κ1) is 8.52. The van der Waals surface area contributed by atoms with Crippen molar-refractivity contribution in [3.63, 3.8) is 0 Å². The molecular weight excluding hydrogens is 148 g/mol. The third kappa shape index (κ3) is 1.80. The molecule has 1 heterocycles. The molecule has 2 fully saturated rings. The Hall–Kier alpha value is -0.0800. The zero-order chi connectivity index (χ0) is 8.39. The van der Waals surface area contributed by atoms with Crippen molar-refractivity contribution in [2.75, 3.05) is 13.1 Å². The summed E-state index contributed by atoms with van der Waals surface area (Å²) >= 11 is 0. The molecule has 0 aromatic rings. The molecule has 0 aromatic carbocycles. The molecule has 2 N–H and O–H groups in total. The molecule has 0 spiro atoms. The van der Waals surface area contributed by atoms with E-state index < -0.39 is 0 Å². The lowest BCUT2D eigenvalue weighted by Crippen LogP contribution is -2.38. The Morgan fingerprint density at radius 1 is 1.00 bits per heavy atom. The summed E-state index contributed by atoms with van der Waals surface area (Å²) in [7, 11) is 0. The van der Waals surface area contributed by atoms with Crippen LogP contribution in [0.1, 0.15) is 38.5 Å². The van der Waals surface area contributed by atoms with Gasteiger partial charge in [-0.05, 0) is 45.2 Å². The summed E-state index contributed by atoms with van der Waals surface area (Å²) in [5.41, 5.74) is 5.91. The van der Waals surface area contributed by atoms with E-state index in [1.165, 1.54) is 51.6 Å². The lowest BCUT2D eigenvalue weighted by Gasteiger charge is -2.32. The van der Waals surface area contributed by atoms with Crippen LogP contribution < -0.4 is 5.73 Å². The molecule has 1 aliphatic carbocycles. The van der Waals surface area contributed by atoms with Crippen molar-refractivity contribution in [3.05, 3.63) is 0 Å². The van der Waals surface area contributed by atoms with E-state index in [0.29, 0.717) is 6.04 Å². The summed E-state index contributed by atoms with van der Waals surface area (Å²) in [5, 5.41) is 0. The van der Waals surface area contributed by atoms with Crippen molar-refractivity contribution in [1.29, 1.82) is 0 Å². The SMILES string of the molecule is NC1CCC(N2CCCCC2)C1. The van der Waals surface area contributed by atoms with Gasteiger partial charge in [0.1, 0.15) is 0 Å². The molecule has 2 unspecified atom stereocenters. The number of hydrogen-bond donors (Lipinski definition) is 1. The molecule has 2 aliphatic rings. The van der Waals surface area contributed by atoms with Gasteiger partial charge >= 0.3 is 0 Å². The van der Waals surface area contributed by atoms with Crippen LogP contribution in [0.4, 0.5) is 0 Å². The van der Waals surface area contributed by atoms with Gasteiger partial charge in [-0.15, -0.1) is 0 Å². The molecule has 1 aliphatic heterocycles. The molecule has 0 radical (unpaired) electrons. The Bertz CT molecular complexity index is 138. The van der Waals surface area contributed by atoms with Crippen molar-refractivity contribution in [2.45, 2.75) is 50.6 Å². The molecule has 2 nitrogen and oxygen atoms in total. The smallest absolute Gasteiger partial charge is 0.0111 e. The van der Waals surface area contributed by atoms with Crippen molar-refractivity contribution < 1.29 is 0 Å². The number of nitrogens with zero attached hydrogens (tertiary/aromatic N) is 1. The standard InChI is InChI=1S/C10H20N2/c11-9-4-5-10(8-9)12-6-2-1-3-7-12/h9-10H,1-8,11H2. The molecule has 0 bridgehead atoms. The Morgan fingerprint density at radius 3 is 2.33 bits per heavy atom. The van der Waals surface area contributed by atoms with Gasteiger partial charge in [0, 0.05) is 12.1 Å². The number of hydrogen-bond acceptors (Lipinski definition) is 2. The maximum absolute atomic E-state index is 5.91. The minimum absolute atomic E-state index is 0.497. The number of rotatable bonds is 1. The van der Waals surface area contributed by atoms with Gasteiger partial charge < -0.3 is 10.6 Å². The Morgan fingerprint density at radius 2 is 1.75 bits per heavy atom. The predicted octanol–water partition coefficient (Wildman–Crippen LogP) is 1.35. The third-order valence-corrected chi connectivity index (χ3v) is 3.35. The largest absolute Gasteiger partial charge is 0.328 e. The fourth-order valence-corrected chi connectivity index (χ4v) is 2.61. The summed E-state index contributed by atoms with van der Waals surface area (Å²) in [6.07, 6.45) is 8.11. The summed E-state index contributed by atoms with van der Waals surface area (Å²) in [6, 6.07) is 1.33. The van der Waals surface area contributed by atoms with Crippen LogP contribution in [0.5, 0.6) is 0 Å². The van der Waals surface area contributed by atoms with Crippen molar-refractivity contribution >= 4 is 0 Å². The molecule has 2 atom stereocenters. The second kappa shape index (κ2) is 3.75. The minimum Gasteiger partial charge on any atom is -0.328 e. The van der Waals surface area contributed by atoms with Gasteiger partial charge in [-0.3, -0.25) is 0 Å². The monoisotopic (exact) mass is 168 g/mol. The maximum Gasteiger partial charge on any atom is 0.0111 e. The number of nitrogens with two attached hydrogens (primary N) is 1. The van der Waals surface area contributed by atoms with E-state index in [0.717, 1.165) is 6.04 Å².